The van der Waals surface area contributed by atoms with Crippen LogP contribution in [-0.4, -0.2) is 19.3 Å². The Morgan fingerprint density at radius 2 is 1.94 bits per heavy atom. The number of nitrogens with one attached hydrogen (secondary N) is 1. The zero-order valence-electron chi connectivity index (χ0n) is 11.2. The lowest BCUT2D eigenvalue weighted by molar-refractivity contribution is 0.0328. The third-order valence-electron chi connectivity index (χ3n) is 4.18. The van der Waals surface area contributed by atoms with Crippen LogP contribution in [0.4, 0.5) is 0 Å². The summed E-state index contributed by atoms with van der Waals surface area (Å²) in [6, 6.07) is 11.1. The van der Waals surface area contributed by atoms with Crippen molar-refractivity contribution in [2.45, 2.75) is 44.1 Å². The minimum atomic E-state index is 0.129. The Bertz CT molecular complexity index is 347. The lowest BCUT2D eigenvalue weighted by Crippen LogP contribution is -2.53. The Morgan fingerprint density at radius 1 is 1.28 bits per heavy atom. The van der Waals surface area contributed by atoms with Crippen LogP contribution in [-0.2, 0) is 10.2 Å². The lowest BCUT2D eigenvalue weighted by Gasteiger charge is -2.44. The first-order valence-electron chi connectivity index (χ1n) is 6.93. The summed E-state index contributed by atoms with van der Waals surface area (Å²) in [5, 5.41) is 0. The van der Waals surface area contributed by atoms with Crippen LogP contribution in [0.15, 0.2) is 30.3 Å². The Labute approximate surface area is 110 Å². The molecule has 0 radical (unpaired) electrons. The minimum Gasteiger partial charge on any atom is -0.381 e. The number of ether oxygens (including phenoxy) is 1. The van der Waals surface area contributed by atoms with Gasteiger partial charge in [-0.05, 0) is 24.8 Å². The molecule has 2 rings (SSSR count). The second-order valence-electron chi connectivity index (χ2n) is 5.14. The second kappa shape index (κ2) is 6.32. The number of hydrogen-bond acceptors (Lipinski definition) is 3. The zero-order valence-corrected chi connectivity index (χ0v) is 11.2. The van der Waals surface area contributed by atoms with Crippen molar-refractivity contribution in [3.05, 3.63) is 35.9 Å². The van der Waals surface area contributed by atoms with Gasteiger partial charge in [0.2, 0.25) is 0 Å². The molecule has 1 saturated heterocycles. The molecule has 0 amide bonds. The van der Waals surface area contributed by atoms with E-state index in [1.165, 1.54) is 5.56 Å². The van der Waals surface area contributed by atoms with Crippen molar-refractivity contribution in [2.75, 3.05) is 13.2 Å². The van der Waals surface area contributed by atoms with E-state index in [-0.39, 0.29) is 5.41 Å². The predicted octanol–water partition coefficient (Wildman–Crippen LogP) is 2.37. The van der Waals surface area contributed by atoms with Crippen LogP contribution in [0.2, 0.25) is 0 Å². The quantitative estimate of drug-likeness (QED) is 0.621. The van der Waals surface area contributed by atoms with Crippen molar-refractivity contribution in [3.8, 4) is 0 Å². The van der Waals surface area contributed by atoms with E-state index in [9.17, 15) is 0 Å². The monoisotopic (exact) mass is 248 g/mol. The predicted molar refractivity (Wildman–Crippen MR) is 74.2 cm³/mol. The summed E-state index contributed by atoms with van der Waals surface area (Å²) >= 11 is 0. The molecule has 0 bridgehead atoms. The summed E-state index contributed by atoms with van der Waals surface area (Å²) in [5.74, 6) is 5.82. The average Bonchev–Trinajstić information content (AvgIpc) is 2.46. The molecule has 1 aliphatic heterocycles. The number of nitrogens with two attached hydrogens (primary N) is 1. The van der Waals surface area contributed by atoms with Gasteiger partial charge in [0.15, 0.2) is 0 Å². The molecule has 18 heavy (non-hydrogen) atoms. The van der Waals surface area contributed by atoms with Crippen molar-refractivity contribution in [2.24, 2.45) is 5.84 Å². The van der Waals surface area contributed by atoms with Gasteiger partial charge < -0.3 is 4.74 Å². The van der Waals surface area contributed by atoms with Gasteiger partial charge in [-0.25, -0.2) is 0 Å². The molecular formula is C15H24N2O. The highest BCUT2D eigenvalue weighted by Gasteiger charge is 2.40. The molecule has 1 heterocycles. The minimum absolute atomic E-state index is 0.129. The smallest absolute Gasteiger partial charge is 0.0475 e. The average molecular weight is 248 g/mol. The highest BCUT2D eigenvalue weighted by molar-refractivity contribution is 5.28. The molecule has 1 aliphatic rings. The van der Waals surface area contributed by atoms with Crippen LogP contribution in [0, 0.1) is 0 Å². The van der Waals surface area contributed by atoms with Gasteiger partial charge in [-0.2, -0.15) is 0 Å². The molecular weight excluding hydrogens is 224 g/mol. The first-order chi connectivity index (χ1) is 8.83. The van der Waals surface area contributed by atoms with Gasteiger partial charge in [-0.3, -0.25) is 11.3 Å². The molecule has 0 aliphatic carbocycles. The molecule has 1 fully saturated rings. The van der Waals surface area contributed by atoms with Crippen LogP contribution >= 0.6 is 0 Å². The van der Waals surface area contributed by atoms with E-state index < -0.39 is 0 Å². The SMILES string of the molecule is CCCC(NN)C1(c2ccccc2)CCOCC1. The molecule has 1 aromatic rings. The number of rotatable bonds is 5. The summed E-state index contributed by atoms with van der Waals surface area (Å²) in [5.41, 5.74) is 4.58. The van der Waals surface area contributed by atoms with E-state index in [1.807, 2.05) is 0 Å². The number of hydrogen-bond donors (Lipinski definition) is 2. The lowest BCUT2D eigenvalue weighted by atomic mass is 9.68. The maximum atomic E-state index is 5.82. The molecule has 0 spiro atoms. The Morgan fingerprint density at radius 3 is 2.50 bits per heavy atom. The van der Waals surface area contributed by atoms with Crippen molar-refractivity contribution < 1.29 is 4.74 Å². The maximum Gasteiger partial charge on any atom is 0.0475 e. The van der Waals surface area contributed by atoms with Crippen molar-refractivity contribution in [1.82, 2.24) is 5.43 Å². The van der Waals surface area contributed by atoms with Crippen LogP contribution in [0.5, 0.6) is 0 Å². The van der Waals surface area contributed by atoms with E-state index >= 15 is 0 Å². The van der Waals surface area contributed by atoms with Gasteiger partial charge in [0.1, 0.15) is 0 Å². The van der Waals surface area contributed by atoms with E-state index in [4.69, 9.17) is 10.6 Å². The molecule has 3 nitrogen and oxygen atoms in total. The van der Waals surface area contributed by atoms with Gasteiger partial charge in [-0.15, -0.1) is 0 Å². The van der Waals surface area contributed by atoms with Gasteiger partial charge in [0, 0.05) is 24.7 Å². The molecule has 100 valence electrons. The molecule has 1 unspecified atom stereocenters. The van der Waals surface area contributed by atoms with Gasteiger partial charge in [0.05, 0.1) is 0 Å². The van der Waals surface area contributed by atoms with Crippen LogP contribution in [0.25, 0.3) is 0 Å². The van der Waals surface area contributed by atoms with Crippen molar-refractivity contribution in [1.29, 1.82) is 0 Å². The van der Waals surface area contributed by atoms with Crippen LogP contribution < -0.4 is 11.3 Å². The number of benzene rings is 1. The van der Waals surface area contributed by atoms with Crippen LogP contribution in [0.3, 0.4) is 0 Å². The molecule has 1 atom stereocenters. The topological polar surface area (TPSA) is 47.3 Å². The Balaban J connectivity index is 2.33. The molecule has 0 saturated carbocycles. The summed E-state index contributed by atoms with van der Waals surface area (Å²) in [6.07, 6.45) is 4.34. The first kappa shape index (κ1) is 13.5. The summed E-state index contributed by atoms with van der Waals surface area (Å²) in [7, 11) is 0. The van der Waals surface area contributed by atoms with Gasteiger partial charge in [0.25, 0.3) is 0 Å². The molecule has 0 aromatic heterocycles. The maximum absolute atomic E-state index is 5.82. The van der Waals surface area contributed by atoms with Gasteiger partial charge >= 0.3 is 0 Å². The fourth-order valence-electron chi connectivity index (χ4n) is 3.15. The van der Waals surface area contributed by atoms with E-state index in [0.29, 0.717) is 6.04 Å². The molecule has 3 N–H and O–H groups in total. The fourth-order valence-corrected chi connectivity index (χ4v) is 3.15. The fraction of sp³-hybridized carbons (Fsp3) is 0.600. The van der Waals surface area contributed by atoms with Crippen molar-refractivity contribution in [3.63, 3.8) is 0 Å². The van der Waals surface area contributed by atoms with E-state index in [1.54, 1.807) is 0 Å². The standard InChI is InChI=1S/C15H24N2O/c1-2-6-14(17-16)15(9-11-18-12-10-15)13-7-4-3-5-8-13/h3-5,7-8,14,17H,2,6,9-12,16H2,1H3. The normalized spacial score (nSPS) is 20.6. The highest BCUT2D eigenvalue weighted by atomic mass is 16.5. The number of hydrazine groups is 1. The summed E-state index contributed by atoms with van der Waals surface area (Å²) < 4.78 is 5.55. The van der Waals surface area contributed by atoms with E-state index in [0.717, 1.165) is 38.9 Å². The summed E-state index contributed by atoms with van der Waals surface area (Å²) in [6.45, 7) is 3.87. The Kier molecular flexibility index (Phi) is 4.75. The molecule has 3 heteroatoms. The third kappa shape index (κ3) is 2.58. The highest BCUT2D eigenvalue weighted by Crippen LogP contribution is 2.39. The zero-order chi connectivity index (χ0) is 12.8. The largest absolute Gasteiger partial charge is 0.381 e. The third-order valence-corrected chi connectivity index (χ3v) is 4.18. The van der Waals surface area contributed by atoms with E-state index in [2.05, 4.69) is 42.7 Å². The van der Waals surface area contributed by atoms with Crippen molar-refractivity contribution >= 4 is 0 Å². The Hall–Kier alpha value is -0.900. The van der Waals surface area contributed by atoms with Gasteiger partial charge in [-0.1, -0.05) is 43.7 Å². The second-order valence-corrected chi connectivity index (χ2v) is 5.14. The summed E-state index contributed by atoms with van der Waals surface area (Å²) in [4.78, 5) is 0. The molecule has 1 aromatic carbocycles. The first-order valence-corrected chi connectivity index (χ1v) is 6.93. The van der Waals surface area contributed by atoms with Crippen LogP contribution in [0.1, 0.15) is 38.2 Å².